The van der Waals surface area contributed by atoms with Gasteiger partial charge in [0.05, 0.1) is 35.6 Å². The summed E-state index contributed by atoms with van der Waals surface area (Å²) in [5.41, 5.74) is 0.706. The lowest BCUT2D eigenvalue weighted by atomic mass is 10.0. The fourth-order valence-electron chi connectivity index (χ4n) is 3.72. The van der Waals surface area contributed by atoms with Crippen LogP contribution in [-0.2, 0) is 19.0 Å². The molecule has 0 radical (unpaired) electrons. The first-order chi connectivity index (χ1) is 16.5. The van der Waals surface area contributed by atoms with Crippen LogP contribution in [0.15, 0.2) is 53.0 Å². The lowest BCUT2D eigenvalue weighted by Gasteiger charge is -2.28. The third-order valence-corrected chi connectivity index (χ3v) is 6.31. The van der Waals surface area contributed by atoms with Gasteiger partial charge in [-0.2, -0.15) is 0 Å². The van der Waals surface area contributed by atoms with Gasteiger partial charge >= 0.3 is 18.0 Å². The lowest BCUT2D eigenvalue weighted by Crippen LogP contribution is -2.46. The van der Waals surface area contributed by atoms with Crippen molar-refractivity contribution >= 4 is 29.3 Å². The van der Waals surface area contributed by atoms with E-state index in [-0.39, 0.29) is 30.6 Å². The Balaban J connectivity index is 1.44. The van der Waals surface area contributed by atoms with E-state index >= 15 is 0 Å². The molecule has 2 aliphatic heterocycles. The van der Waals surface area contributed by atoms with Crippen molar-refractivity contribution in [2.24, 2.45) is 0 Å². The monoisotopic (exact) mass is 486 g/mol. The van der Waals surface area contributed by atoms with Crippen molar-refractivity contribution in [2.75, 3.05) is 26.4 Å². The summed E-state index contributed by atoms with van der Waals surface area (Å²) < 4.78 is 21.9. The normalized spacial score (nSPS) is 19.9. The summed E-state index contributed by atoms with van der Waals surface area (Å²) in [5.74, 6) is -0.558. The number of urea groups is 1. The Hall–Kier alpha value is -3.37. The van der Waals surface area contributed by atoms with Crippen molar-refractivity contribution in [1.82, 2.24) is 10.6 Å². The van der Waals surface area contributed by atoms with Crippen LogP contribution in [0, 0.1) is 0 Å². The van der Waals surface area contributed by atoms with E-state index in [0.29, 0.717) is 17.9 Å². The van der Waals surface area contributed by atoms with E-state index in [1.54, 1.807) is 31.2 Å². The van der Waals surface area contributed by atoms with Crippen LogP contribution in [0.1, 0.15) is 41.0 Å². The number of hydrogen-bond donors (Lipinski definition) is 2. The van der Waals surface area contributed by atoms with Gasteiger partial charge in [-0.3, -0.25) is 0 Å². The third kappa shape index (κ3) is 5.75. The van der Waals surface area contributed by atoms with E-state index < -0.39 is 24.0 Å². The van der Waals surface area contributed by atoms with Crippen LogP contribution in [0.25, 0.3) is 0 Å². The molecule has 2 unspecified atom stereocenters. The van der Waals surface area contributed by atoms with Gasteiger partial charge in [0, 0.05) is 11.5 Å². The SMILES string of the molecule is CCOC(=O)C1=C(COC(=O)c2ccc(OCC3CCCO3)cc2)NC(=O)NC1c1cccs1. The second-order valence-electron chi connectivity index (χ2n) is 7.71. The van der Waals surface area contributed by atoms with E-state index in [1.165, 1.54) is 11.3 Å². The minimum atomic E-state index is -0.693. The van der Waals surface area contributed by atoms with Crippen molar-refractivity contribution in [3.05, 3.63) is 63.5 Å². The van der Waals surface area contributed by atoms with Crippen LogP contribution in [-0.4, -0.2) is 50.5 Å². The Labute approximate surface area is 201 Å². The van der Waals surface area contributed by atoms with Crippen LogP contribution < -0.4 is 15.4 Å². The topological polar surface area (TPSA) is 112 Å². The highest BCUT2D eigenvalue weighted by atomic mass is 32.1. The molecular formula is C24H26N2O7S. The second kappa shape index (κ2) is 11.2. The summed E-state index contributed by atoms with van der Waals surface area (Å²) in [6.07, 6.45) is 2.12. The molecule has 4 rings (SSSR count). The summed E-state index contributed by atoms with van der Waals surface area (Å²) in [7, 11) is 0. The maximum Gasteiger partial charge on any atom is 0.338 e. The Kier molecular flexibility index (Phi) is 7.81. The molecule has 2 N–H and O–H groups in total. The molecule has 2 aromatic rings. The molecule has 10 heteroatoms. The fraction of sp³-hybridized carbons (Fsp3) is 0.375. The van der Waals surface area contributed by atoms with Crippen molar-refractivity contribution in [3.8, 4) is 5.75 Å². The van der Waals surface area contributed by atoms with Crippen LogP contribution in [0.3, 0.4) is 0 Å². The standard InChI is InChI=1S/C24H26N2O7S/c1-2-30-23(28)20-18(25-24(29)26-21(20)19-6-4-12-34-19)14-33-22(27)15-7-9-16(10-8-15)32-13-17-5-3-11-31-17/h4,6-10,12,17,21H,2-3,5,11,13-14H2,1H3,(H2,25,26,29). The van der Waals surface area contributed by atoms with E-state index in [1.807, 2.05) is 17.5 Å². The van der Waals surface area contributed by atoms with Crippen molar-refractivity contribution in [2.45, 2.75) is 31.9 Å². The number of carbonyl (C=O) groups excluding carboxylic acids is 3. The van der Waals surface area contributed by atoms with E-state index in [2.05, 4.69) is 10.6 Å². The highest BCUT2D eigenvalue weighted by molar-refractivity contribution is 7.10. The van der Waals surface area contributed by atoms with E-state index in [0.717, 1.165) is 24.3 Å². The molecule has 2 amide bonds. The maximum atomic E-state index is 12.7. The Bertz CT molecular complexity index is 1040. The first kappa shape index (κ1) is 23.8. The van der Waals surface area contributed by atoms with Gasteiger partial charge in [-0.25, -0.2) is 14.4 Å². The first-order valence-electron chi connectivity index (χ1n) is 11.1. The minimum Gasteiger partial charge on any atom is -0.491 e. The number of ether oxygens (including phenoxy) is 4. The van der Waals surface area contributed by atoms with Gasteiger partial charge in [-0.05, 0) is 55.5 Å². The van der Waals surface area contributed by atoms with Gasteiger partial charge < -0.3 is 29.6 Å². The number of hydrogen-bond acceptors (Lipinski definition) is 8. The highest BCUT2D eigenvalue weighted by Gasteiger charge is 2.34. The number of amides is 2. The van der Waals surface area contributed by atoms with Gasteiger partial charge in [-0.1, -0.05) is 6.07 Å². The van der Waals surface area contributed by atoms with E-state index in [9.17, 15) is 14.4 Å². The van der Waals surface area contributed by atoms with Crippen molar-refractivity contribution < 1.29 is 33.3 Å². The third-order valence-electron chi connectivity index (χ3n) is 5.37. The molecule has 0 spiro atoms. The molecule has 0 saturated carbocycles. The van der Waals surface area contributed by atoms with Crippen LogP contribution >= 0.6 is 11.3 Å². The molecule has 9 nitrogen and oxygen atoms in total. The average Bonchev–Trinajstić information content (AvgIpc) is 3.56. The molecule has 34 heavy (non-hydrogen) atoms. The zero-order valence-corrected chi connectivity index (χ0v) is 19.5. The largest absolute Gasteiger partial charge is 0.491 e. The lowest BCUT2D eigenvalue weighted by molar-refractivity contribution is -0.139. The molecular weight excluding hydrogens is 460 g/mol. The fourth-order valence-corrected chi connectivity index (χ4v) is 4.51. The average molecular weight is 487 g/mol. The second-order valence-corrected chi connectivity index (χ2v) is 8.69. The van der Waals surface area contributed by atoms with Crippen molar-refractivity contribution in [1.29, 1.82) is 0 Å². The van der Waals surface area contributed by atoms with Crippen LogP contribution in [0.5, 0.6) is 5.75 Å². The number of rotatable bonds is 9. The molecule has 2 atom stereocenters. The first-order valence-corrected chi connectivity index (χ1v) is 12.0. The van der Waals surface area contributed by atoms with Gasteiger partial charge in [0.2, 0.25) is 0 Å². The van der Waals surface area contributed by atoms with E-state index in [4.69, 9.17) is 18.9 Å². The maximum absolute atomic E-state index is 12.7. The molecule has 1 aromatic carbocycles. The predicted molar refractivity (Wildman–Crippen MR) is 124 cm³/mol. The predicted octanol–water partition coefficient (Wildman–Crippen LogP) is 3.33. The molecule has 1 fully saturated rings. The molecule has 1 saturated heterocycles. The van der Waals surface area contributed by atoms with Crippen LogP contribution in [0.4, 0.5) is 4.79 Å². The molecule has 0 aliphatic carbocycles. The molecule has 2 aliphatic rings. The summed E-state index contributed by atoms with van der Waals surface area (Å²) >= 11 is 1.40. The smallest absolute Gasteiger partial charge is 0.338 e. The quantitative estimate of drug-likeness (QED) is 0.523. The van der Waals surface area contributed by atoms with Gasteiger partial charge in [-0.15, -0.1) is 11.3 Å². The summed E-state index contributed by atoms with van der Waals surface area (Å²) in [6.45, 7) is 2.80. The number of benzene rings is 1. The van der Waals surface area contributed by atoms with Gasteiger partial charge in [0.1, 0.15) is 19.0 Å². The highest BCUT2D eigenvalue weighted by Crippen LogP contribution is 2.30. The van der Waals surface area contributed by atoms with Gasteiger partial charge in [0.15, 0.2) is 0 Å². The molecule has 3 heterocycles. The molecule has 0 bridgehead atoms. The van der Waals surface area contributed by atoms with Crippen LogP contribution in [0.2, 0.25) is 0 Å². The summed E-state index contributed by atoms with van der Waals surface area (Å²) in [6, 6.07) is 9.03. The summed E-state index contributed by atoms with van der Waals surface area (Å²) in [5, 5.41) is 7.16. The molecule has 180 valence electrons. The number of nitrogens with one attached hydrogen (secondary N) is 2. The zero-order chi connectivity index (χ0) is 23.9. The van der Waals surface area contributed by atoms with Crippen molar-refractivity contribution in [3.63, 3.8) is 0 Å². The number of thiophene rings is 1. The Morgan fingerprint density at radius 3 is 2.65 bits per heavy atom. The number of esters is 2. The molecule has 1 aromatic heterocycles. The zero-order valence-electron chi connectivity index (χ0n) is 18.7. The van der Waals surface area contributed by atoms with Gasteiger partial charge in [0.25, 0.3) is 0 Å². The Morgan fingerprint density at radius 1 is 1.15 bits per heavy atom. The number of carbonyl (C=O) groups is 3. The minimum absolute atomic E-state index is 0.102. The Morgan fingerprint density at radius 2 is 1.97 bits per heavy atom. The summed E-state index contributed by atoms with van der Waals surface area (Å²) in [4.78, 5) is 38.3.